The summed E-state index contributed by atoms with van der Waals surface area (Å²) in [5.41, 5.74) is 0.807. The lowest BCUT2D eigenvalue weighted by Gasteiger charge is -2.12. The Morgan fingerprint density at radius 2 is 2.00 bits per heavy atom. The zero-order valence-corrected chi connectivity index (χ0v) is 12.4. The highest BCUT2D eigenvalue weighted by Gasteiger charge is 2.29. The number of carbonyl (C=O) groups is 1. The summed E-state index contributed by atoms with van der Waals surface area (Å²) in [6.07, 6.45) is -3.23. The molecule has 1 aromatic carbocycles. The third kappa shape index (κ3) is 5.86. The first kappa shape index (κ1) is 17.7. The van der Waals surface area contributed by atoms with Crippen LogP contribution in [-0.2, 0) is 17.8 Å². The van der Waals surface area contributed by atoms with Crippen molar-refractivity contribution in [1.29, 1.82) is 0 Å². The number of ether oxygens (including phenoxy) is 1. The molecule has 0 spiro atoms. The van der Waals surface area contributed by atoms with Gasteiger partial charge in [0.15, 0.2) is 6.61 Å². The first-order chi connectivity index (χ1) is 11.3. The van der Waals surface area contributed by atoms with Gasteiger partial charge in [-0.2, -0.15) is 13.2 Å². The van der Waals surface area contributed by atoms with Crippen molar-refractivity contribution in [2.75, 3.05) is 6.61 Å². The zero-order chi connectivity index (χ0) is 17.6. The Morgan fingerprint density at radius 1 is 1.21 bits per heavy atom. The van der Waals surface area contributed by atoms with Crippen LogP contribution in [0.1, 0.15) is 11.1 Å². The fraction of sp³-hybridized carbons (Fsp3) is 0.250. The van der Waals surface area contributed by atoms with Gasteiger partial charge in [-0.05, 0) is 23.8 Å². The number of halogens is 4. The molecule has 0 bridgehead atoms. The fourth-order valence-electron chi connectivity index (χ4n) is 1.93. The van der Waals surface area contributed by atoms with Crippen molar-refractivity contribution in [2.45, 2.75) is 19.1 Å². The first-order valence-electron chi connectivity index (χ1n) is 6.98. The monoisotopic (exact) mass is 342 g/mol. The molecule has 0 aliphatic heterocycles. The lowest BCUT2D eigenvalue weighted by atomic mass is 10.1. The summed E-state index contributed by atoms with van der Waals surface area (Å²) in [5.74, 6) is -1.04. The van der Waals surface area contributed by atoms with E-state index in [1.165, 1.54) is 36.5 Å². The Balaban J connectivity index is 1.92. The van der Waals surface area contributed by atoms with Gasteiger partial charge in [0, 0.05) is 18.3 Å². The molecule has 0 saturated heterocycles. The Bertz CT molecular complexity index is 704. The minimum atomic E-state index is -4.48. The average molecular weight is 342 g/mol. The van der Waals surface area contributed by atoms with E-state index in [2.05, 4.69) is 15.0 Å². The third-order valence-corrected chi connectivity index (χ3v) is 2.95. The summed E-state index contributed by atoms with van der Waals surface area (Å²) in [6, 6.07) is 8.62. The second-order valence-electron chi connectivity index (χ2n) is 4.95. The largest absolute Gasteiger partial charge is 0.468 e. The van der Waals surface area contributed by atoms with Gasteiger partial charge in [-0.1, -0.05) is 18.2 Å². The molecule has 0 aliphatic carbocycles. The molecule has 0 radical (unpaired) electrons. The number of nitrogens with zero attached hydrogens (tertiary/aromatic N) is 1. The summed E-state index contributed by atoms with van der Waals surface area (Å²) < 4.78 is 54.3. The van der Waals surface area contributed by atoms with Gasteiger partial charge in [0.2, 0.25) is 11.8 Å². The average Bonchev–Trinajstić information content (AvgIpc) is 2.51. The van der Waals surface area contributed by atoms with Crippen molar-refractivity contribution in [2.24, 2.45) is 0 Å². The van der Waals surface area contributed by atoms with Gasteiger partial charge < -0.3 is 10.1 Å². The van der Waals surface area contributed by atoms with Crippen LogP contribution in [-0.4, -0.2) is 23.7 Å². The van der Waals surface area contributed by atoms with Gasteiger partial charge in [-0.25, -0.2) is 9.37 Å². The maximum absolute atomic E-state index is 13.1. The molecule has 2 rings (SSSR count). The van der Waals surface area contributed by atoms with Crippen molar-refractivity contribution in [3.05, 3.63) is 59.5 Å². The molecule has 0 aliphatic rings. The zero-order valence-electron chi connectivity index (χ0n) is 12.4. The Labute approximate surface area is 135 Å². The number of pyridine rings is 1. The van der Waals surface area contributed by atoms with Crippen LogP contribution in [0.2, 0.25) is 0 Å². The van der Waals surface area contributed by atoms with Crippen LogP contribution in [0.25, 0.3) is 0 Å². The SMILES string of the molecule is O=C(Cc1cccc(F)c1)NCc1cccnc1OCC(F)(F)F. The van der Waals surface area contributed by atoms with Crippen LogP contribution in [0.4, 0.5) is 17.6 Å². The summed E-state index contributed by atoms with van der Waals surface area (Å²) in [5, 5.41) is 2.54. The predicted octanol–water partition coefficient (Wildman–Crippen LogP) is 3.02. The maximum Gasteiger partial charge on any atom is 0.422 e. The predicted molar refractivity (Wildman–Crippen MR) is 77.7 cm³/mol. The van der Waals surface area contributed by atoms with Gasteiger partial charge in [0.05, 0.1) is 6.42 Å². The summed E-state index contributed by atoms with van der Waals surface area (Å²) in [6.45, 7) is -1.51. The molecular formula is C16H14F4N2O2. The minimum absolute atomic E-state index is 0.0449. The van der Waals surface area contributed by atoms with E-state index in [0.717, 1.165) is 0 Å². The van der Waals surface area contributed by atoms with Crippen molar-refractivity contribution >= 4 is 5.91 Å². The maximum atomic E-state index is 13.1. The van der Waals surface area contributed by atoms with E-state index in [-0.39, 0.29) is 18.8 Å². The number of nitrogens with one attached hydrogen (secondary N) is 1. The lowest BCUT2D eigenvalue weighted by molar-refractivity contribution is -0.154. The number of amides is 1. The van der Waals surface area contributed by atoms with E-state index >= 15 is 0 Å². The topological polar surface area (TPSA) is 51.2 Å². The number of rotatable bonds is 6. The molecule has 1 heterocycles. The van der Waals surface area contributed by atoms with Crippen LogP contribution >= 0.6 is 0 Å². The standard InChI is InChI=1S/C16H14F4N2O2/c17-13-5-1-3-11(7-13)8-14(23)22-9-12-4-2-6-21-15(12)24-10-16(18,19)20/h1-7H,8-10H2,(H,22,23). The van der Waals surface area contributed by atoms with Gasteiger partial charge in [0.25, 0.3) is 0 Å². The highest BCUT2D eigenvalue weighted by molar-refractivity contribution is 5.78. The second-order valence-corrected chi connectivity index (χ2v) is 4.95. The summed E-state index contributed by atoms with van der Waals surface area (Å²) in [7, 11) is 0. The van der Waals surface area contributed by atoms with Crippen molar-refractivity contribution < 1.29 is 27.1 Å². The molecule has 0 fully saturated rings. The Hall–Kier alpha value is -2.64. The van der Waals surface area contributed by atoms with E-state index in [0.29, 0.717) is 11.1 Å². The Kier molecular flexibility index (Phi) is 5.73. The minimum Gasteiger partial charge on any atom is -0.468 e. The highest BCUT2D eigenvalue weighted by Crippen LogP contribution is 2.19. The van der Waals surface area contributed by atoms with Gasteiger partial charge in [-0.3, -0.25) is 4.79 Å². The Morgan fingerprint density at radius 3 is 2.71 bits per heavy atom. The molecule has 4 nitrogen and oxygen atoms in total. The first-order valence-corrected chi connectivity index (χ1v) is 6.98. The molecule has 1 N–H and O–H groups in total. The van der Waals surface area contributed by atoms with Gasteiger partial charge in [0.1, 0.15) is 5.82 Å². The third-order valence-electron chi connectivity index (χ3n) is 2.95. The van der Waals surface area contributed by atoms with Crippen molar-refractivity contribution in [3.8, 4) is 5.88 Å². The van der Waals surface area contributed by atoms with Crippen molar-refractivity contribution in [3.63, 3.8) is 0 Å². The van der Waals surface area contributed by atoms with E-state index in [1.807, 2.05) is 0 Å². The molecule has 1 aromatic heterocycles. The molecule has 0 saturated carbocycles. The highest BCUT2D eigenvalue weighted by atomic mass is 19.4. The quantitative estimate of drug-likeness (QED) is 0.821. The van der Waals surface area contributed by atoms with E-state index in [9.17, 15) is 22.4 Å². The normalized spacial score (nSPS) is 11.2. The molecule has 8 heteroatoms. The number of alkyl halides is 3. The molecule has 128 valence electrons. The molecule has 24 heavy (non-hydrogen) atoms. The lowest BCUT2D eigenvalue weighted by Crippen LogP contribution is -2.25. The summed E-state index contributed by atoms with van der Waals surface area (Å²) in [4.78, 5) is 15.6. The van der Waals surface area contributed by atoms with Crippen molar-refractivity contribution in [1.82, 2.24) is 10.3 Å². The number of hydrogen-bond acceptors (Lipinski definition) is 3. The van der Waals surface area contributed by atoms with Gasteiger partial charge in [-0.15, -0.1) is 0 Å². The number of aromatic nitrogens is 1. The molecule has 1 amide bonds. The van der Waals surface area contributed by atoms with E-state index in [4.69, 9.17) is 0 Å². The van der Waals surface area contributed by atoms with E-state index < -0.39 is 24.5 Å². The number of carbonyl (C=O) groups excluding carboxylic acids is 1. The molecule has 2 aromatic rings. The molecular weight excluding hydrogens is 328 g/mol. The number of benzene rings is 1. The van der Waals surface area contributed by atoms with Crippen LogP contribution in [0, 0.1) is 5.82 Å². The van der Waals surface area contributed by atoms with Crippen LogP contribution < -0.4 is 10.1 Å². The van der Waals surface area contributed by atoms with Crippen LogP contribution in [0.3, 0.4) is 0 Å². The molecule has 0 unspecified atom stereocenters. The smallest absolute Gasteiger partial charge is 0.422 e. The fourth-order valence-corrected chi connectivity index (χ4v) is 1.93. The van der Waals surface area contributed by atoms with Gasteiger partial charge >= 0.3 is 6.18 Å². The van der Waals surface area contributed by atoms with Crippen LogP contribution in [0.5, 0.6) is 5.88 Å². The summed E-state index contributed by atoms with van der Waals surface area (Å²) >= 11 is 0. The van der Waals surface area contributed by atoms with Crippen LogP contribution in [0.15, 0.2) is 42.6 Å². The second kappa shape index (κ2) is 7.76. The number of hydrogen-bond donors (Lipinski definition) is 1. The molecule has 0 atom stereocenters. The van der Waals surface area contributed by atoms with E-state index in [1.54, 1.807) is 6.07 Å².